The van der Waals surface area contributed by atoms with Gasteiger partial charge in [-0.15, -0.1) is 0 Å². The quantitative estimate of drug-likeness (QED) is 0.608. The summed E-state index contributed by atoms with van der Waals surface area (Å²) in [5.41, 5.74) is 2.59. The van der Waals surface area contributed by atoms with Crippen molar-refractivity contribution in [1.82, 2.24) is 0 Å². The van der Waals surface area contributed by atoms with Crippen molar-refractivity contribution < 1.29 is 4.79 Å². The van der Waals surface area contributed by atoms with Crippen molar-refractivity contribution >= 4 is 12.0 Å². The van der Waals surface area contributed by atoms with Crippen LogP contribution in [0.25, 0.3) is 0 Å². The first kappa shape index (κ1) is 7.35. The number of carbonyl (C=O) groups is 1. The minimum Gasteiger partial charge on any atom is -0.364 e. The molecule has 0 amide bonds. The van der Waals surface area contributed by atoms with E-state index in [9.17, 15) is 4.79 Å². The summed E-state index contributed by atoms with van der Waals surface area (Å²) in [6, 6.07) is 8.26. The molecule has 0 aromatic heterocycles. The highest BCUT2D eigenvalue weighted by atomic mass is 16.1. The summed E-state index contributed by atoms with van der Waals surface area (Å²) < 4.78 is 0. The van der Waals surface area contributed by atoms with Crippen molar-refractivity contribution in [2.75, 3.05) is 18.0 Å². The van der Waals surface area contributed by atoms with E-state index in [1.807, 2.05) is 12.1 Å². The zero-order valence-electron chi connectivity index (χ0n) is 6.86. The molecule has 0 radical (unpaired) electrons. The van der Waals surface area contributed by atoms with Crippen LogP contribution in [0, 0.1) is 0 Å². The van der Waals surface area contributed by atoms with Gasteiger partial charge in [-0.25, -0.2) is 0 Å². The number of rotatable bonds is 2. The number of hydrogen-bond donors (Lipinski definition) is 0. The molecule has 1 heterocycles. The minimum atomic E-state index is 0.525. The van der Waals surface area contributed by atoms with Crippen LogP contribution in [0.5, 0.6) is 0 Å². The fourth-order valence-corrected chi connectivity index (χ4v) is 1.69. The third-order valence-electron chi connectivity index (χ3n) is 2.28. The maximum absolute atomic E-state index is 10.3. The number of para-hydroxylation sites is 1. The second-order valence-electron chi connectivity index (χ2n) is 2.99. The monoisotopic (exact) mass is 161 g/mol. The van der Waals surface area contributed by atoms with Crippen molar-refractivity contribution in [3.8, 4) is 0 Å². The van der Waals surface area contributed by atoms with Gasteiger partial charge in [0.05, 0.1) is 6.54 Å². The van der Waals surface area contributed by atoms with Crippen molar-refractivity contribution in [1.29, 1.82) is 0 Å². The smallest absolute Gasteiger partial charge is 0.139 e. The predicted octanol–water partition coefficient (Wildman–Crippen LogP) is 1.25. The van der Waals surface area contributed by atoms with Gasteiger partial charge in [0.1, 0.15) is 6.29 Å². The van der Waals surface area contributed by atoms with E-state index in [-0.39, 0.29) is 0 Å². The van der Waals surface area contributed by atoms with Crippen molar-refractivity contribution in [2.45, 2.75) is 6.42 Å². The Balaban J connectivity index is 2.29. The van der Waals surface area contributed by atoms with Crippen LogP contribution in [-0.2, 0) is 11.2 Å². The lowest BCUT2D eigenvalue weighted by Gasteiger charge is -2.14. The summed E-state index contributed by atoms with van der Waals surface area (Å²) in [4.78, 5) is 12.4. The molecule has 1 aromatic carbocycles. The number of carbonyl (C=O) groups excluding carboxylic acids is 1. The van der Waals surface area contributed by atoms with Crippen molar-refractivity contribution in [3.63, 3.8) is 0 Å². The fourth-order valence-electron chi connectivity index (χ4n) is 1.69. The molecule has 0 aliphatic carbocycles. The van der Waals surface area contributed by atoms with Crippen LogP contribution in [-0.4, -0.2) is 19.4 Å². The first-order chi connectivity index (χ1) is 5.92. The van der Waals surface area contributed by atoms with E-state index in [1.54, 1.807) is 0 Å². The topological polar surface area (TPSA) is 20.3 Å². The molecule has 0 saturated carbocycles. The van der Waals surface area contributed by atoms with Crippen molar-refractivity contribution in [2.24, 2.45) is 0 Å². The Hall–Kier alpha value is -1.31. The zero-order chi connectivity index (χ0) is 8.39. The van der Waals surface area contributed by atoms with E-state index in [4.69, 9.17) is 0 Å². The molecule has 0 bridgehead atoms. The Bertz CT molecular complexity index is 296. The molecule has 2 rings (SSSR count). The molecular formula is C10H11NO. The molecule has 62 valence electrons. The van der Waals surface area contributed by atoms with Gasteiger partial charge < -0.3 is 9.69 Å². The van der Waals surface area contributed by atoms with E-state index in [1.165, 1.54) is 11.3 Å². The summed E-state index contributed by atoms with van der Waals surface area (Å²) in [5.74, 6) is 0. The average molecular weight is 161 g/mol. The number of anilines is 1. The average Bonchev–Trinajstić information content (AvgIpc) is 2.50. The molecular weight excluding hydrogens is 150 g/mol. The third kappa shape index (κ3) is 1.09. The standard InChI is InChI=1S/C10H11NO/c12-8-7-11-6-5-9-3-1-2-4-10(9)11/h1-4,8H,5-7H2. The van der Waals surface area contributed by atoms with Gasteiger partial charge in [-0.2, -0.15) is 0 Å². The molecule has 0 atom stereocenters. The summed E-state index contributed by atoms with van der Waals surface area (Å²) in [5, 5.41) is 0. The van der Waals surface area contributed by atoms with E-state index < -0.39 is 0 Å². The summed E-state index contributed by atoms with van der Waals surface area (Å²) >= 11 is 0. The van der Waals surface area contributed by atoms with Gasteiger partial charge in [0, 0.05) is 12.2 Å². The van der Waals surface area contributed by atoms with Crippen LogP contribution in [0.2, 0.25) is 0 Å². The van der Waals surface area contributed by atoms with Gasteiger partial charge in [0.2, 0.25) is 0 Å². The lowest BCUT2D eigenvalue weighted by Crippen LogP contribution is -2.22. The van der Waals surface area contributed by atoms with Gasteiger partial charge in [0.25, 0.3) is 0 Å². The molecule has 0 saturated heterocycles. The predicted molar refractivity (Wildman–Crippen MR) is 48.4 cm³/mol. The van der Waals surface area contributed by atoms with Crippen LogP contribution >= 0.6 is 0 Å². The van der Waals surface area contributed by atoms with Gasteiger partial charge in [-0.1, -0.05) is 18.2 Å². The number of nitrogens with zero attached hydrogens (tertiary/aromatic N) is 1. The molecule has 0 N–H and O–H groups in total. The molecule has 1 aliphatic rings. The van der Waals surface area contributed by atoms with Crippen LogP contribution in [0.15, 0.2) is 24.3 Å². The van der Waals surface area contributed by atoms with Crippen LogP contribution < -0.4 is 4.90 Å². The number of benzene rings is 1. The Morgan fingerprint density at radius 2 is 2.25 bits per heavy atom. The van der Waals surface area contributed by atoms with Gasteiger partial charge in [-0.3, -0.25) is 0 Å². The minimum absolute atomic E-state index is 0.525. The Morgan fingerprint density at radius 1 is 1.42 bits per heavy atom. The normalized spacial score (nSPS) is 14.5. The molecule has 0 unspecified atom stereocenters. The van der Waals surface area contributed by atoms with E-state index in [0.29, 0.717) is 6.54 Å². The molecule has 1 aromatic rings. The van der Waals surface area contributed by atoms with Crippen LogP contribution in [0.3, 0.4) is 0 Å². The maximum Gasteiger partial charge on any atom is 0.139 e. The molecule has 2 heteroatoms. The first-order valence-electron chi connectivity index (χ1n) is 4.18. The summed E-state index contributed by atoms with van der Waals surface area (Å²) in [6.45, 7) is 1.51. The zero-order valence-corrected chi connectivity index (χ0v) is 6.86. The van der Waals surface area contributed by atoms with Crippen molar-refractivity contribution in [3.05, 3.63) is 29.8 Å². The van der Waals surface area contributed by atoms with E-state index in [0.717, 1.165) is 19.3 Å². The second-order valence-corrected chi connectivity index (χ2v) is 2.99. The lowest BCUT2D eigenvalue weighted by molar-refractivity contribution is -0.106. The summed E-state index contributed by atoms with van der Waals surface area (Å²) in [7, 11) is 0. The molecule has 12 heavy (non-hydrogen) atoms. The highest BCUT2D eigenvalue weighted by Gasteiger charge is 2.16. The van der Waals surface area contributed by atoms with E-state index >= 15 is 0 Å². The van der Waals surface area contributed by atoms with Gasteiger partial charge in [-0.05, 0) is 18.1 Å². The second kappa shape index (κ2) is 2.97. The number of hydrogen-bond acceptors (Lipinski definition) is 2. The SMILES string of the molecule is O=CCN1CCc2ccccc21. The molecule has 0 fully saturated rings. The number of aldehydes is 1. The Kier molecular flexibility index (Phi) is 1.82. The van der Waals surface area contributed by atoms with Crippen LogP contribution in [0.1, 0.15) is 5.56 Å². The third-order valence-corrected chi connectivity index (χ3v) is 2.28. The number of fused-ring (bicyclic) bond motifs is 1. The highest BCUT2D eigenvalue weighted by molar-refractivity contribution is 5.65. The molecule has 1 aliphatic heterocycles. The lowest BCUT2D eigenvalue weighted by atomic mass is 10.2. The van der Waals surface area contributed by atoms with Crippen LogP contribution in [0.4, 0.5) is 5.69 Å². The highest BCUT2D eigenvalue weighted by Crippen LogP contribution is 2.26. The largest absolute Gasteiger partial charge is 0.364 e. The maximum atomic E-state index is 10.3. The molecule has 0 spiro atoms. The molecule has 2 nitrogen and oxygen atoms in total. The fraction of sp³-hybridized carbons (Fsp3) is 0.300. The van der Waals surface area contributed by atoms with E-state index in [2.05, 4.69) is 17.0 Å². The first-order valence-corrected chi connectivity index (χ1v) is 4.18. The van der Waals surface area contributed by atoms with Gasteiger partial charge in [0.15, 0.2) is 0 Å². The Morgan fingerprint density at radius 3 is 3.08 bits per heavy atom. The Labute approximate surface area is 71.8 Å². The summed E-state index contributed by atoms with van der Waals surface area (Å²) in [6.07, 6.45) is 2.03. The van der Waals surface area contributed by atoms with Gasteiger partial charge >= 0.3 is 0 Å².